The molecule has 0 saturated heterocycles. The third-order valence-corrected chi connectivity index (χ3v) is 4.59. The number of pyridine rings is 1. The molecular formula is C20H12F2N8. The fraction of sp³-hybridized carbons (Fsp3) is 0. The lowest BCUT2D eigenvalue weighted by atomic mass is 10.0. The summed E-state index contributed by atoms with van der Waals surface area (Å²) < 4.78 is 29.1. The van der Waals surface area contributed by atoms with Gasteiger partial charge in [0.2, 0.25) is 0 Å². The number of hydrogen-bond acceptors (Lipinski definition) is 7. The van der Waals surface area contributed by atoms with Gasteiger partial charge in [0.1, 0.15) is 11.5 Å². The summed E-state index contributed by atoms with van der Waals surface area (Å²) in [5.41, 5.74) is 9.32. The molecule has 5 aromatic rings. The Labute approximate surface area is 168 Å². The van der Waals surface area contributed by atoms with Crippen LogP contribution in [-0.4, -0.2) is 35.2 Å². The highest BCUT2D eigenvalue weighted by Crippen LogP contribution is 2.30. The third kappa shape index (κ3) is 2.91. The first-order valence-corrected chi connectivity index (χ1v) is 8.81. The summed E-state index contributed by atoms with van der Waals surface area (Å²) >= 11 is 0. The van der Waals surface area contributed by atoms with E-state index in [1.807, 2.05) is 18.2 Å². The van der Waals surface area contributed by atoms with Gasteiger partial charge in [-0.1, -0.05) is 12.1 Å². The number of halogens is 2. The fourth-order valence-electron chi connectivity index (χ4n) is 3.13. The number of tetrazole rings is 1. The molecule has 146 valence electrons. The van der Waals surface area contributed by atoms with Crippen molar-refractivity contribution < 1.29 is 8.78 Å². The van der Waals surface area contributed by atoms with Crippen LogP contribution in [0, 0.1) is 11.6 Å². The predicted molar refractivity (Wildman–Crippen MR) is 105 cm³/mol. The summed E-state index contributed by atoms with van der Waals surface area (Å²) in [6.45, 7) is 0. The van der Waals surface area contributed by atoms with Crippen molar-refractivity contribution in [1.82, 2.24) is 35.2 Å². The molecule has 0 fully saturated rings. The van der Waals surface area contributed by atoms with Gasteiger partial charge in [-0.2, -0.15) is 4.68 Å². The van der Waals surface area contributed by atoms with Crippen molar-refractivity contribution in [1.29, 1.82) is 0 Å². The first-order valence-electron chi connectivity index (χ1n) is 8.81. The number of nitrogen functional groups attached to an aromatic ring is 1. The quantitative estimate of drug-likeness (QED) is 0.494. The van der Waals surface area contributed by atoms with E-state index < -0.39 is 11.6 Å². The zero-order chi connectivity index (χ0) is 20.7. The second-order valence-corrected chi connectivity index (χ2v) is 6.40. The normalized spacial score (nSPS) is 11.1. The molecule has 3 heterocycles. The third-order valence-electron chi connectivity index (χ3n) is 4.59. The van der Waals surface area contributed by atoms with Crippen molar-refractivity contribution in [2.45, 2.75) is 0 Å². The molecule has 0 amide bonds. The Bertz CT molecular complexity index is 1400. The molecule has 5 rings (SSSR count). The maximum atomic E-state index is 14.3. The highest BCUT2D eigenvalue weighted by Gasteiger charge is 2.19. The molecule has 8 nitrogen and oxygen atoms in total. The van der Waals surface area contributed by atoms with Gasteiger partial charge in [0.05, 0.1) is 16.6 Å². The SMILES string of the molecule is Nc1ncc(-c2ccc3nccnc3c2)cc1-c1nnnn1-c1cccc(F)c1F. The minimum atomic E-state index is -1.07. The Morgan fingerprint density at radius 1 is 0.867 bits per heavy atom. The standard InChI is InChI=1S/C20H12F2N8/c21-14-2-1-3-17(18(14)22)30-20(27-28-29-30)13-8-12(10-26-19(13)23)11-4-5-15-16(9-11)25-7-6-24-15/h1-10H,(H2,23,26). The van der Waals surface area contributed by atoms with E-state index in [1.165, 1.54) is 12.1 Å². The first-order chi connectivity index (χ1) is 14.6. The minimum Gasteiger partial charge on any atom is -0.383 e. The molecule has 0 radical (unpaired) electrons. The van der Waals surface area contributed by atoms with Gasteiger partial charge in [-0.25, -0.2) is 13.8 Å². The van der Waals surface area contributed by atoms with Crippen molar-refractivity contribution in [2.75, 3.05) is 5.73 Å². The number of nitrogens with two attached hydrogens (primary N) is 1. The van der Waals surface area contributed by atoms with Crippen LogP contribution >= 0.6 is 0 Å². The lowest BCUT2D eigenvalue weighted by Crippen LogP contribution is -2.06. The Balaban J connectivity index is 1.65. The van der Waals surface area contributed by atoms with E-state index in [1.54, 1.807) is 24.7 Å². The minimum absolute atomic E-state index is 0.131. The van der Waals surface area contributed by atoms with E-state index in [2.05, 4.69) is 30.5 Å². The molecular weight excluding hydrogens is 390 g/mol. The van der Waals surface area contributed by atoms with Gasteiger partial charge in [0.15, 0.2) is 17.5 Å². The zero-order valence-corrected chi connectivity index (χ0v) is 15.2. The Morgan fingerprint density at radius 2 is 1.70 bits per heavy atom. The molecule has 0 aliphatic carbocycles. The Kier molecular flexibility index (Phi) is 4.09. The van der Waals surface area contributed by atoms with E-state index in [0.29, 0.717) is 5.56 Å². The van der Waals surface area contributed by atoms with Gasteiger partial charge in [-0.15, -0.1) is 5.10 Å². The fourth-order valence-corrected chi connectivity index (χ4v) is 3.13. The van der Waals surface area contributed by atoms with Crippen LogP contribution in [0.5, 0.6) is 0 Å². The zero-order valence-electron chi connectivity index (χ0n) is 15.2. The maximum absolute atomic E-state index is 14.3. The average molecular weight is 402 g/mol. The van der Waals surface area contributed by atoms with Crippen LogP contribution in [0.4, 0.5) is 14.6 Å². The molecule has 30 heavy (non-hydrogen) atoms. The van der Waals surface area contributed by atoms with E-state index in [4.69, 9.17) is 5.73 Å². The summed E-state index contributed by atoms with van der Waals surface area (Å²) in [5.74, 6) is -1.80. The molecule has 0 aliphatic heterocycles. The summed E-state index contributed by atoms with van der Waals surface area (Å²) in [6.07, 6.45) is 4.84. The summed E-state index contributed by atoms with van der Waals surface area (Å²) in [6, 6.07) is 11.1. The van der Waals surface area contributed by atoms with E-state index in [-0.39, 0.29) is 17.3 Å². The predicted octanol–water partition coefficient (Wildman–Crippen LogP) is 3.19. The summed E-state index contributed by atoms with van der Waals surface area (Å²) in [7, 11) is 0. The molecule has 0 atom stereocenters. The van der Waals surface area contributed by atoms with Gasteiger partial charge < -0.3 is 5.73 Å². The van der Waals surface area contributed by atoms with E-state index in [0.717, 1.165) is 32.9 Å². The van der Waals surface area contributed by atoms with Gasteiger partial charge in [-0.3, -0.25) is 9.97 Å². The van der Waals surface area contributed by atoms with Crippen molar-refractivity contribution in [3.8, 4) is 28.2 Å². The molecule has 10 heteroatoms. The summed E-state index contributed by atoms with van der Waals surface area (Å²) in [5, 5.41) is 11.3. The summed E-state index contributed by atoms with van der Waals surface area (Å²) in [4.78, 5) is 12.8. The number of anilines is 1. The molecule has 0 spiro atoms. The number of benzene rings is 2. The molecule has 3 aromatic heterocycles. The number of aromatic nitrogens is 7. The molecule has 2 N–H and O–H groups in total. The van der Waals surface area contributed by atoms with Crippen LogP contribution in [0.15, 0.2) is 61.1 Å². The molecule has 0 bridgehead atoms. The van der Waals surface area contributed by atoms with E-state index in [9.17, 15) is 8.78 Å². The molecule has 0 aliphatic rings. The maximum Gasteiger partial charge on any atom is 0.190 e. The van der Waals surface area contributed by atoms with Crippen LogP contribution in [0.3, 0.4) is 0 Å². The van der Waals surface area contributed by atoms with Crippen molar-refractivity contribution in [2.24, 2.45) is 0 Å². The number of nitrogens with zero attached hydrogens (tertiary/aromatic N) is 7. The Hall–Kier alpha value is -4.34. The topological polar surface area (TPSA) is 108 Å². The number of hydrogen-bond donors (Lipinski definition) is 1. The van der Waals surface area contributed by atoms with Crippen molar-refractivity contribution in [3.63, 3.8) is 0 Å². The van der Waals surface area contributed by atoms with Crippen LogP contribution in [-0.2, 0) is 0 Å². The molecule has 0 saturated carbocycles. The average Bonchev–Trinajstić information content (AvgIpc) is 3.25. The second-order valence-electron chi connectivity index (χ2n) is 6.40. The van der Waals surface area contributed by atoms with Crippen LogP contribution in [0.1, 0.15) is 0 Å². The number of fused-ring (bicyclic) bond motifs is 1. The lowest BCUT2D eigenvalue weighted by molar-refractivity contribution is 0.501. The van der Waals surface area contributed by atoms with Gasteiger partial charge in [0, 0.05) is 24.2 Å². The van der Waals surface area contributed by atoms with Crippen LogP contribution < -0.4 is 5.73 Å². The highest BCUT2D eigenvalue weighted by atomic mass is 19.2. The first kappa shape index (κ1) is 17.7. The van der Waals surface area contributed by atoms with Gasteiger partial charge in [0.25, 0.3) is 0 Å². The van der Waals surface area contributed by atoms with Crippen LogP contribution in [0.25, 0.3) is 39.2 Å². The van der Waals surface area contributed by atoms with Crippen molar-refractivity contribution >= 4 is 16.9 Å². The molecule has 0 unspecified atom stereocenters. The van der Waals surface area contributed by atoms with Gasteiger partial charge >= 0.3 is 0 Å². The smallest absolute Gasteiger partial charge is 0.190 e. The second kappa shape index (κ2) is 6.92. The largest absolute Gasteiger partial charge is 0.383 e. The van der Waals surface area contributed by atoms with Gasteiger partial charge in [-0.05, 0) is 46.3 Å². The number of rotatable bonds is 3. The lowest BCUT2D eigenvalue weighted by Gasteiger charge is -2.10. The van der Waals surface area contributed by atoms with E-state index >= 15 is 0 Å². The Morgan fingerprint density at radius 3 is 2.57 bits per heavy atom. The van der Waals surface area contributed by atoms with Crippen LogP contribution in [0.2, 0.25) is 0 Å². The van der Waals surface area contributed by atoms with Crippen molar-refractivity contribution in [3.05, 3.63) is 72.7 Å². The molecule has 2 aromatic carbocycles. The monoisotopic (exact) mass is 402 g/mol. The highest BCUT2D eigenvalue weighted by molar-refractivity contribution is 5.83.